The lowest BCUT2D eigenvalue weighted by molar-refractivity contribution is -0.123. The highest BCUT2D eigenvalue weighted by atomic mass is 32.1. The summed E-state index contributed by atoms with van der Waals surface area (Å²) in [5.41, 5.74) is 4.37. The molecule has 2 aromatic carbocycles. The van der Waals surface area contributed by atoms with Crippen LogP contribution in [0.2, 0.25) is 0 Å². The van der Waals surface area contributed by atoms with Crippen molar-refractivity contribution in [3.63, 3.8) is 0 Å². The van der Waals surface area contributed by atoms with Crippen LogP contribution in [0, 0.1) is 13.8 Å². The molecule has 0 fully saturated rings. The maximum absolute atomic E-state index is 12.0. The fourth-order valence-electron chi connectivity index (χ4n) is 2.62. The maximum atomic E-state index is 12.0. The van der Waals surface area contributed by atoms with E-state index in [0.29, 0.717) is 18.7 Å². The monoisotopic (exact) mass is 396 g/mol. The van der Waals surface area contributed by atoms with Crippen molar-refractivity contribution in [2.45, 2.75) is 20.3 Å². The second-order valence-corrected chi connectivity index (χ2v) is 7.37. The molecule has 1 amide bonds. The molecule has 0 bridgehead atoms. The highest BCUT2D eigenvalue weighted by molar-refractivity contribution is 7.13. The van der Waals surface area contributed by atoms with Crippen LogP contribution in [-0.4, -0.2) is 31.2 Å². The second-order valence-electron chi connectivity index (χ2n) is 6.51. The quantitative estimate of drug-likeness (QED) is 0.621. The molecule has 0 spiro atoms. The van der Waals surface area contributed by atoms with Gasteiger partial charge in [-0.05, 0) is 61.4 Å². The van der Waals surface area contributed by atoms with Gasteiger partial charge in [0.25, 0.3) is 5.91 Å². The van der Waals surface area contributed by atoms with Crippen LogP contribution in [0.3, 0.4) is 0 Å². The lowest BCUT2D eigenvalue weighted by Crippen LogP contribution is -2.30. The summed E-state index contributed by atoms with van der Waals surface area (Å²) in [6.07, 6.45) is 0.683. The number of carbonyl (C=O) groups is 1. The number of benzene rings is 2. The molecule has 0 saturated carbocycles. The van der Waals surface area contributed by atoms with E-state index < -0.39 is 0 Å². The molecule has 5 nitrogen and oxygen atoms in total. The molecular weight excluding hydrogens is 372 g/mol. The number of aromatic nitrogens is 1. The molecular formula is C22H24N2O3S. The number of nitrogens with one attached hydrogen (secondary N) is 1. The van der Waals surface area contributed by atoms with Crippen LogP contribution in [0.4, 0.5) is 0 Å². The van der Waals surface area contributed by atoms with Gasteiger partial charge in [-0.15, -0.1) is 11.3 Å². The van der Waals surface area contributed by atoms with E-state index >= 15 is 0 Å². The van der Waals surface area contributed by atoms with Crippen LogP contribution in [0.5, 0.6) is 11.5 Å². The van der Waals surface area contributed by atoms with Crippen molar-refractivity contribution in [2.24, 2.45) is 0 Å². The summed E-state index contributed by atoms with van der Waals surface area (Å²) in [6, 6.07) is 13.6. The summed E-state index contributed by atoms with van der Waals surface area (Å²) in [5, 5.41) is 5.86. The van der Waals surface area contributed by atoms with E-state index in [4.69, 9.17) is 9.47 Å². The molecule has 0 unspecified atom stereocenters. The first-order valence-electron chi connectivity index (χ1n) is 9.11. The van der Waals surface area contributed by atoms with Gasteiger partial charge in [-0.25, -0.2) is 4.98 Å². The molecule has 0 atom stereocenters. The first kappa shape index (κ1) is 19.9. The summed E-state index contributed by atoms with van der Waals surface area (Å²) in [4.78, 5) is 16.6. The van der Waals surface area contributed by atoms with E-state index in [1.165, 1.54) is 5.56 Å². The Morgan fingerprint density at radius 2 is 1.82 bits per heavy atom. The fourth-order valence-corrected chi connectivity index (χ4v) is 3.48. The Bertz CT molecular complexity index is 935. The minimum Gasteiger partial charge on any atom is -0.497 e. The van der Waals surface area contributed by atoms with Gasteiger partial charge in [0, 0.05) is 23.9 Å². The van der Waals surface area contributed by atoms with Gasteiger partial charge in [0.2, 0.25) is 0 Å². The van der Waals surface area contributed by atoms with Crippen molar-refractivity contribution in [1.29, 1.82) is 0 Å². The van der Waals surface area contributed by atoms with Gasteiger partial charge in [0.1, 0.15) is 16.5 Å². The average molecular weight is 397 g/mol. The van der Waals surface area contributed by atoms with Gasteiger partial charge >= 0.3 is 0 Å². The van der Waals surface area contributed by atoms with E-state index in [2.05, 4.69) is 10.3 Å². The summed E-state index contributed by atoms with van der Waals surface area (Å²) >= 11 is 1.60. The Balaban J connectivity index is 1.43. The number of thiazole rings is 1. The van der Waals surface area contributed by atoms with Crippen LogP contribution in [0.15, 0.2) is 47.8 Å². The largest absolute Gasteiger partial charge is 0.497 e. The third kappa shape index (κ3) is 5.33. The van der Waals surface area contributed by atoms with Crippen LogP contribution in [0.1, 0.15) is 16.8 Å². The van der Waals surface area contributed by atoms with Crippen LogP contribution < -0.4 is 14.8 Å². The molecule has 6 heteroatoms. The topological polar surface area (TPSA) is 60.5 Å². The van der Waals surface area contributed by atoms with Crippen molar-refractivity contribution >= 4 is 17.2 Å². The first-order valence-corrected chi connectivity index (χ1v) is 9.98. The number of hydrogen-bond donors (Lipinski definition) is 1. The number of carbonyl (C=O) groups excluding carboxylic acids is 1. The van der Waals surface area contributed by atoms with Crippen molar-refractivity contribution in [3.8, 4) is 22.1 Å². The number of ether oxygens (including phenoxy) is 2. The summed E-state index contributed by atoms with van der Waals surface area (Å²) in [5.74, 6) is 1.40. The molecule has 0 radical (unpaired) electrons. The summed E-state index contributed by atoms with van der Waals surface area (Å²) in [6.45, 7) is 4.61. The van der Waals surface area contributed by atoms with Gasteiger partial charge in [-0.2, -0.15) is 0 Å². The van der Waals surface area contributed by atoms with Crippen molar-refractivity contribution in [2.75, 3.05) is 20.3 Å². The van der Waals surface area contributed by atoms with Gasteiger partial charge < -0.3 is 14.8 Å². The number of hydrogen-bond acceptors (Lipinski definition) is 5. The molecule has 0 aliphatic heterocycles. The minimum atomic E-state index is -0.135. The van der Waals surface area contributed by atoms with Gasteiger partial charge in [0.05, 0.1) is 12.8 Å². The molecule has 0 aliphatic carbocycles. The molecule has 28 heavy (non-hydrogen) atoms. The smallest absolute Gasteiger partial charge is 0.257 e. The molecule has 1 N–H and O–H groups in total. The van der Waals surface area contributed by atoms with Gasteiger partial charge in [-0.3, -0.25) is 4.79 Å². The van der Waals surface area contributed by atoms with Crippen molar-refractivity contribution in [3.05, 3.63) is 64.7 Å². The minimum absolute atomic E-state index is 0.0106. The Hall–Kier alpha value is -2.86. The van der Waals surface area contributed by atoms with E-state index in [0.717, 1.165) is 27.6 Å². The Morgan fingerprint density at radius 1 is 1.07 bits per heavy atom. The lowest BCUT2D eigenvalue weighted by Gasteiger charge is -2.08. The van der Waals surface area contributed by atoms with Gasteiger partial charge in [0.15, 0.2) is 6.61 Å². The SMILES string of the molecule is COc1ccc(-c2nc(CCNC(=O)COc3ccc(C)c(C)c3)cs2)cc1. The Kier molecular flexibility index (Phi) is 6.66. The summed E-state index contributed by atoms with van der Waals surface area (Å²) in [7, 11) is 1.65. The van der Waals surface area contributed by atoms with Crippen LogP contribution in [0.25, 0.3) is 10.6 Å². The zero-order chi connectivity index (χ0) is 19.9. The lowest BCUT2D eigenvalue weighted by atomic mass is 10.1. The number of nitrogens with zero attached hydrogens (tertiary/aromatic N) is 1. The average Bonchev–Trinajstić information content (AvgIpc) is 3.18. The van der Waals surface area contributed by atoms with Gasteiger partial charge in [-0.1, -0.05) is 6.07 Å². The predicted molar refractivity (Wildman–Crippen MR) is 112 cm³/mol. The van der Waals surface area contributed by atoms with Crippen molar-refractivity contribution < 1.29 is 14.3 Å². The number of rotatable bonds is 8. The molecule has 3 aromatic rings. The fraction of sp³-hybridized carbons (Fsp3) is 0.273. The standard InChI is InChI=1S/C22H24N2O3S/c1-15-4-7-20(12-16(15)2)27-13-21(25)23-11-10-18-14-28-22(24-18)17-5-8-19(26-3)9-6-17/h4-9,12,14H,10-11,13H2,1-3H3,(H,23,25). The molecule has 3 rings (SSSR count). The van der Waals surface area contributed by atoms with E-state index in [-0.39, 0.29) is 12.5 Å². The van der Waals surface area contributed by atoms with Crippen LogP contribution in [-0.2, 0) is 11.2 Å². The highest BCUT2D eigenvalue weighted by Crippen LogP contribution is 2.25. The number of amides is 1. The maximum Gasteiger partial charge on any atom is 0.257 e. The first-order chi connectivity index (χ1) is 13.5. The molecule has 1 heterocycles. The van der Waals surface area contributed by atoms with E-state index in [9.17, 15) is 4.79 Å². The Labute approximate surface area is 169 Å². The Morgan fingerprint density at radius 3 is 2.54 bits per heavy atom. The normalized spacial score (nSPS) is 10.5. The highest BCUT2D eigenvalue weighted by Gasteiger charge is 2.07. The molecule has 1 aromatic heterocycles. The van der Waals surface area contributed by atoms with Crippen LogP contribution >= 0.6 is 11.3 Å². The molecule has 0 saturated heterocycles. The number of aryl methyl sites for hydroxylation is 2. The number of methoxy groups -OCH3 is 1. The van der Waals surface area contributed by atoms with Crippen molar-refractivity contribution in [1.82, 2.24) is 10.3 Å². The third-order valence-corrected chi connectivity index (χ3v) is 5.38. The third-order valence-electron chi connectivity index (χ3n) is 4.44. The zero-order valence-corrected chi connectivity index (χ0v) is 17.1. The summed E-state index contributed by atoms with van der Waals surface area (Å²) < 4.78 is 10.7. The zero-order valence-electron chi connectivity index (χ0n) is 16.3. The molecule has 0 aliphatic rings. The molecule has 146 valence electrons. The predicted octanol–water partition coefficient (Wildman–Crippen LogP) is 4.17. The van der Waals surface area contributed by atoms with E-state index in [1.54, 1.807) is 18.4 Å². The van der Waals surface area contributed by atoms with E-state index in [1.807, 2.05) is 61.7 Å². The second kappa shape index (κ2) is 9.37.